The van der Waals surface area contributed by atoms with Crippen molar-refractivity contribution in [3.8, 4) is 0 Å². The second-order valence-electron chi connectivity index (χ2n) is 17.6. The van der Waals surface area contributed by atoms with Gasteiger partial charge < -0.3 is 150 Å². The van der Waals surface area contributed by atoms with Crippen LogP contribution in [0, 0.1) is 0 Å². The van der Waals surface area contributed by atoms with Crippen LogP contribution >= 0.6 is 0 Å². The Balaban J connectivity index is 13.0. The summed E-state index contributed by atoms with van der Waals surface area (Å²) in [5.41, 5.74) is 0. The van der Waals surface area contributed by atoms with E-state index in [-0.39, 0.29) is 0 Å². The summed E-state index contributed by atoms with van der Waals surface area (Å²) in [6.45, 7) is -24.5. The molecule has 0 saturated heterocycles. The molecule has 74 heavy (non-hydrogen) atoms. The van der Waals surface area contributed by atoms with E-state index in [0.717, 1.165) is 0 Å². The van der Waals surface area contributed by atoms with E-state index in [0.29, 0.717) is 0 Å². The summed E-state index contributed by atoms with van der Waals surface area (Å²) in [6.07, 6.45) is 0. The molecular weight excluding hydrogens is 1570 g/mol. The van der Waals surface area contributed by atoms with Crippen molar-refractivity contribution in [2.75, 3.05) is 0 Å². The van der Waals surface area contributed by atoms with E-state index in [9.17, 15) is 101 Å². The fourth-order valence-electron chi connectivity index (χ4n) is 9.13. The molecule has 21 N–H and O–H groups in total. The van der Waals surface area contributed by atoms with E-state index in [1.165, 1.54) is 19.6 Å². The number of hydrogen-bond acceptors (Lipinski definition) is 33. The van der Waals surface area contributed by atoms with Crippen molar-refractivity contribution in [2.24, 2.45) is 0 Å². The maximum atomic E-state index is 13.1. The molecule has 0 aliphatic heterocycles. The van der Waals surface area contributed by atoms with Gasteiger partial charge >= 0.3 is 38.9 Å². The standard InChI is InChI=1S/C7H84O33Si34/c1-60(2)36-64(6,7)37-68(40-67(52-19,31-43-10)63(28)61(3)4,73(69(53-20,54-21)32-44-11,70(55-22,56-23)33-45-12)38-65(48-15,49-16)29-41-8)74(71(57-24,58-25)34-46-13,39-66(50-17,51-18)30-42-9)72(59-26,35-47-14)62(5)27/h8-28,60-63H,41-59H2,1-7H3. The van der Waals surface area contributed by atoms with E-state index in [2.05, 4.69) is 0 Å². The molecule has 0 amide bonds. The van der Waals surface area contributed by atoms with Crippen LogP contribution in [-0.4, -0.2) is 396 Å². The van der Waals surface area contributed by atoms with E-state index in [1.807, 2.05) is 0 Å². The molecule has 0 saturated carbocycles. The number of hydrogen-bond donors (Lipinski definition) is 21. The Morgan fingerprint density at radius 2 is 0.689 bits per heavy atom. The van der Waals surface area contributed by atoms with Crippen molar-refractivity contribution in [3.05, 3.63) is 0 Å². The maximum Gasteiger partial charge on any atom is 0.338 e. The largest absolute Gasteiger partial charge is 0.441 e. The van der Waals surface area contributed by atoms with Gasteiger partial charge in [-0.25, -0.2) is 0 Å². The lowest BCUT2D eigenvalue weighted by Crippen LogP contribution is -3.13. The van der Waals surface area contributed by atoms with Crippen LogP contribution in [0.2, 0.25) is 45.8 Å². The highest BCUT2D eigenvalue weighted by Crippen LogP contribution is 2.52. The quantitative estimate of drug-likeness (QED) is 0.0252. The molecule has 6 unspecified atom stereocenters. The molecule has 0 rings (SSSR count). The second kappa shape index (κ2) is 36.4. The number of rotatable bonds is 45. The van der Waals surface area contributed by atoms with Crippen molar-refractivity contribution in [3.63, 3.8) is 0 Å². The zero-order valence-electron chi connectivity index (χ0n) is 42.5. The van der Waals surface area contributed by atoms with Crippen molar-refractivity contribution in [2.45, 2.75) is 45.8 Å². The molecule has 0 radical (unpaired) electrons. The van der Waals surface area contributed by atoms with Gasteiger partial charge in [0.1, 0.15) is 0 Å². The van der Waals surface area contributed by atoms with Gasteiger partial charge in [0.25, 0.3) is 83.8 Å². The Bertz CT molecular complexity index is 1510. The van der Waals surface area contributed by atoms with Gasteiger partial charge in [-0.1, -0.05) is 13.1 Å². The van der Waals surface area contributed by atoms with Crippen molar-refractivity contribution in [1.29, 1.82) is 0 Å². The van der Waals surface area contributed by atoms with E-state index in [4.69, 9.17) is 49.4 Å². The average molecular weight is 1650 g/mol. The van der Waals surface area contributed by atoms with Crippen LogP contribution in [0.25, 0.3) is 0 Å². The van der Waals surface area contributed by atoms with Crippen molar-refractivity contribution < 1.29 is 150 Å². The van der Waals surface area contributed by atoms with Crippen LogP contribution in [0.5, 0.6) is 0 Å². The summed E-state index contributed by atoms with van der Waals surface area (Å²) in [7, 11) is -101. The predicted molar refractivity (Wildman–Crippen MR) is 355 cm³/mol. The summed E-state index contributed by atoms with van der Waals surface area (Å²) in [5.74, 6) is 0. The molecule has 0 heterocycles. The summed E-state index contributed by atoms with van der Waals surface area (Å²) in [5, 5.41) is 0. The van der Waals surface area contributed by atoms with Crippen molar-refractivity contribution >= 4 is 296 Å². The Kier molecular flexibility index (Phi) is 39.4. The first-order valence-electron chi connectivity index (χ1n) is 22.6. The molecule has 33 nitrogen and oxygen atoms in total. The average Bonchev–Trinajstić information content (AvgIpc) is 3.37. The second-order valence-corrected chi connectivity index (χ2v) is 205. The van der Waals surface area contributed by atoms with Gasteiger partial charge in [-0.05, 0) is 32.7 Å². The van der Waals surface area contributed by atoms with Gasteiger partial charge in [-0.15, -0.1) is 0 Å². The van der Waals surface area contributed by atoms with Gasteiger partial charge in [-0.3, -0.25) is 0 Å². The predicted octanol–water partition coefficient (Wildman–Crippen LogP) is -32.6. The minimum absolute atomic E-state index is 1.19. The van der Waals surface area contributed by atoms with E-state index in [1.54, 1.807) is 26.2 Å². The molecule has 0 aromatic carbocycles. The van der Waals surface area contributed by atoms with Crippen molar-refractivity contribution in [1.82, 2.24) is 0 Å². The highest BCUT2D eigenvalue weighted by Gasteiger charge is 2.99. The normalized spacial score (nSPS) is 25.1. The van der Waals surface area contributed by atoms with Gasteiger partial charge in [0.05, 0.1) is 8.31 Å². The topological polar surface area (TPSA) is 536 Å². The lowest BCUT2D eigenvalue weighted by atomic mass is 11.9. The fraction of sp³-hybridized carbons (Fsp3) is 1.00. The van der Waals surface area contributed by atoms with Crippen LogP contribution in [0.3, 0.4) is 0 Å². The molecule has 67 heteroatoms. The molecule has 0 spiro atoms. The lowest BCUT2D eigenvalue weighted by Gasteiger charge is -2.70. The Hall–Kier alpha value is 6.05. The first kappa shape index (κ1) is 80.1. The summed E-state index contributed by atoms with van der Waals surface area (Å²) in [6, 6.07) is 0. The van der Waals surface area contributed by atoms with Gasteiger partial charge in [0, 0.05) is 0 Å². The zero-order chi connectivity index (χ0) is 57.7. The monoisotopic (exact) mass is 1650 g/mol. The van der Waals surface area contributed by atoms with E-state index >= 15 is 0 Å². The van der Waals surface area contributed by atoms with Gasteiger partial charge in [0.15, 0.2) is 82.6 Å². The molecule has 0 aliphatic carbocycles. The lowest BCUT2D eigenvalue weighted by molar-refractivity contribution is 0.304. The molecule has 6 atom stereocenters. The van der Waals surface area contributed by atoms with Crippen LogP contribution in [0.1, 0.15) is 0 Å². The zero-order valence-corrected chi connectivity index (χ0v) is 85.0. The van der Waals surface area contributed by atoms with Crippen LogP contribution in [0.4, 0.5) is 0 Å². The third-order valence-corrected chi connectivity index (χ3v) is 364. The SMILES string of the molecule is C[SiH](C)O[Si](C)(C)O[Si](O[Si](O[SiH2]O)([SiH2]O)[SiH](O)[SiH](C)C)([Si](O[Si](O[SiH2]O)([SiH2]O)[SiH2]O)([Si](O[SiH2]O)([SiH2]O)[SiH2]O)[Si](O[SiH2]O)([SiH2]O)[SiH2]O)[Si](O[Si](O[SiH2]O)([SiH2]O)[SiH2]O)([Si](O[SiH2]O)([SiH2]O)[SiH2]O)[Si](O[SiH2]O)([SiH2]O)[SiH](C)O. The fourth-order valence-corrected chi connectivity index (χ4v) is 630. The van der Waals surface area contributed by atoms with Gasteiger partial charge in [0.2, 0.25) is 82.0 Å². The van der Waals surface area contributed by atoms with E-state index < -0.39 is 296 Å². The first-order valence-corrected chi connectivity index (χ1v) is 108. The summed E-state index contributed by atoms with van der Waals surface area (Å²) >= 11 is 0. The summed E-state index contributed by atoms with van der Waals surface area (Å²) in [4.78, 5) is 253. The summed E-state index contributed by atoms with van der Waals surface area (Å²) < 4.78 is 83.2. The van der Waals surface area contributed by atoms with Crippen LogP contribution < -0.4 is 0 Å². The highest BCUT2D eigenvalue weighted by molar-refractivity contribution is 8.23. The molecule has 446 valence electrons. The first-order chi connectivity index (χ1) is 34.7. The Labute approximate surface area is 486 Å². The molecule has 0 bridgehead atoms. The highest BCUT2D eigenvalue weighted by atomic mass is 30.5. The molecular formula is C7H84O33Si34. The minimum atomic E-state index is -6.88. The Morgan fingerprint density at radius 1 is 0.351 bits per heavy atom. The molecule has 0 aromatic rings. The van der Waals surface area contributed by atoms with Gasteiger partial charge in [-0.2, -0.15) is 0 Å². The maximum absolute atomic E-state index is 13.1. The Morgan fingerprint density at radius 3 is 0.946 bits per heavy atom. The third-order valence-electron chi connectivity index (χ3n) is 12.4. The molecule has 0 aromatic heterocycles. The van der Waals surface area contributed by atoms with Crippen LogP contribution in [0.15, 0.2) is 0 Å². The minimum Gasteiger partial charge on any atom is -0.441 e. The van der Waals surface area contributed by atoms with Crippen LogP contribution in [-0.2, 0) is 49.4 Å². The smallest absolute Gasteiger partial charge is 0.338 e. The molecule has 0 aliphatic rings. The third kappa shape index (κ3) is 16.2. The molecule has 0 fully saturated rings.